The minimum absolute atomic E-state index is 0.0347. The lowest BCUT2D eigenvalue weighted by atomic mass is 9.96. The van der Waals surface area contributed by atoms with E-state index in [0.29, 0.717) is 12.5 Å². The highest BCUT2D eigenvalue weighted by Crippen LogP contribution is 2.24. The first-order chi connectivity index (χ1) is 10.1. The molecule has 0 unspecified atom stereocenters. The van der Waals surface area contributed by atoms with Crippen molar-refractivity contribution in [3.05, 3.63) is 0 Å². The molecule has 0 bridgehead atoms. The third-order valence-electron chi connectivity index (χ3n) is 3.75. The van der Waals surface area contributed by atoms with Gasteiger partial charge < -0.3 is 20.0 Å². The zero-order chi connectivity index (χ0) is 17.1. The third kappa shape index (κ3) is 4.11. The smallest absolute Gasteiger partial charge is 0.242 e. The highest BCUT2D eigenvalue weighted by molar-refractivity contribution is 5.90. The lowest BCUT2D eigenvalue weighted by Gasteiger charge is -2.49. The molecule has 1 fully saturated rings. The van der Waals surface area contributed by atoms with Gasteiger partial charge in [0, 0.05) is 33.7 Å². The summed E-state index contributed by atoms with van der Waals surface area (Å²) in [6.45, 7) is 9.27. The molecular formula is C15H29N5O2. The molecule has 0 radical (unpaired) electrons. The number of carbonyl (C=O) groups excluding carboxylic acids is 2. The number of nitrogens with one attached hydrogen (secondary N) is 1. The minimum Gasteiger partial charge on any atom is -0.347 e. The van der Waals surface area contributed by atoms with Crippen LogP contribution in [-0.4, -0.2) is 84.8 Å². The Morgan fingerprint density at radius 1 is 1.41 bits per heavy atom. The first-order valence-corrected chi connectivity index (χ1v) is 7.58. The van der Waals surface area contributed by atoms with Gasteiger partial charge >= 0.3 is 0 Å². The predicted molar refractivity (Wildman–Crippen MR) is 87.7 cm³/mol. The Hall–Kier alpha value is -1.79. The van der Waals surface area contributed by atoms with E-state index in [2.05, 4.69) is 24.2 Å². The topological polar surface area (TPSA) is 68.2 Å². The van der Waals surface area contributed by atoms with Crippen molar-refractivity contribution >= 4 is 17.8 Å². The molecule has 7 heteroatoms. The Morgan fingerprint density at radius 3 is 2.41 bits per heavy atom. The van der Waals surface area contributed by atoms with Gasteiger partial charge in [-0.2, -0.15) is 0 Å². The normalized spacial score (nSPS) is 18.7. The van der Waals surface area contributed by atoms with E-state index in [1.165, 1.54) is 4.90 Å². The lowest BCUT2D eigenvalue weighted by molar-refractivity contribution is -0.145. The Kier molecular flexibility index (Phi) is 5.79. The van der Waals surface area contributed by atoms with E-state index in [4.69, 9.17) is 0 Å². The Balaban J connectivity index is 2.80. The van der Waals surface area contributed by atoms with Crippen molar-refractivity contribution < 1.29 is 9.59 Å². The third-order valence-corrected chi connectivity index (χ3v) is 3.75. The molecule has 0 aromatic carbocycles. The molecule has 2 amide bonds. The van der Waals surface area contributed by atoms with Crippen LogP contribution in [0, 0.1) is 0 Å². The molecule has 126 valence electrons. The first kappa shape index (κ1) is 18.3. The van der Waals surface area contributed by atoms with Crippen LogP contribution in [0.3, 0.4) is 0 Å². The lowest BCUT2D eigenvalue weighted by Crippen LogP contribution is -2.66. The zero-order valence-corrected chi connectivity index (χ0v) is 14.8. The van der Waals surface area contributed by atoms with Crippen molar-refractivity contribution in [2.24, 2.45) is 4.99 Å². The van der Waals surface area contributed by atoms with E-state index in [0.717, 1.165) is 0 Å². The molecule has 0 aromatic rings. The van der Waals surface area contributed by atoms with Gasteiger partial charge in [-0.3, -0.25) is 14.6 Å². The molecular weight excluding hydrogens is 282 g/mol. The van der Waals surface area contributed by atoms with E-state index < -0.39 is 0 Å². The highest BCUT2D eigenvalue weighted by atomic mass is 16.2. The number of aliphatic imine (C=N–C) groups is 1. The van der Waals surface area contributed by atoms with E-state index >= 15 is 0 Å². The summed E-state index contributed by atoms with van der Waals surface area (Å²) in [5.74, 6) is 0.626. The van der Waals surface area contributed by atoms with Crippen molar-refractivity contribution in [2.75, 3.05) is 40.8 Å². The summed E-state index contributed by atoms with van der Waals surface area (Å²) in [6.07, 6.45) is 0. The monoisotopic (exact) mass is 311 g/mol. The molecule has 0 aliphatic carbocycles. The Labute approximate surface area is 133 Å². The van der Waals surface area contributed by atoms with Crippen molar-refractivity contribution in [3.8, 4) is 0 Å². The number of nitrogens with zero attached hydrogens (tertiary/aromatic N) is 4. The van der Waals surface area contributed by atoms with Crippen molar-refractivity contribution in [1.82, 2.24) is 20.0 Å². The second-order valence-electron chi connectivity index (χ2n) is 6.71. The predicted octanol–water partition coefficient (Wildman–Crippen LogP) is -0.0188. The molecule has 0 saturated carbocycles. The number of piperazine rings is 1. The van der Waals surface area contributed by atoms with Crippen LogP contribution in [0.5, 0.6) is 0 Å². The van der Waals surface area contributed by atoms with Crippen LogP contribution < -0.4 is 5.32 Å². The molecule has 22 heavy (non-hydrogen) atoms. The molecule has 1 rings (SSSR count). The van der Waals surface area contributed by atoms with Crippen LogP contribution in [0.25, 0.3) is 0 Å². The molecule has 0 spiro atoms. The average Bonchev–Trinajstić information content (AvgIpc) is 2.36. The standard InChI is InChI=1S/C15H29N5O2/c1-11(2)20-13(22)9-19(10-15(20,3)4)14(16-5)17-8-12(21)18(6)7/h11H,8-10H2,1-7H3,(H,16,17). The van der Waals surface area contributed by atoms with Gasteiger partial charge in [0.25, 0.3) is 0 Å². The second kappa shape index (κ2) is 6.98. The highest BCUT2D eigenvalue weighted by Gasteiger charge is 2.40. The molecule has 0 atom stereocenters. The fourth-order valence-corrected chi connectivity index (χ4v) is 2.96. The summed E-state index contributed by atoms with van der Waals surface area (Å²) in [5.41, 5.74) is -0.285. The van der Waals surface area contributed by atoms with Crippen LogP contribution in [0.1, 0.15) is 27.7 Å². The second-order valence-corrected chi connectivity index (χ2v) is 6.71. The molecule has 1 saturated heterocycles. The van der Waals surface area contributed by atoms with Crippen molar-refractivity contribution in [2.45, 2.75) is 39.3 Å². The van der Waals surface area contributed by atoms with Crippen molar-refractivity contribution in [3.63, 3.8) is 0 Å². The molecule has 7 nitrogen and oxygen atoms in total. The summed E-state index contributed by atoms with van der Waals surface area (Å²) in [4.78, 5) is 33.7. The van der Waals surface area contributed by atoms with Crippen LogP contribution >= 0.6 is 0 Å². The van der Waals surface area contributed by atoms with E-state index in [-0.39, 0.29) is 36.5 Å². The van der Waals surface area contributed by atoms with Gasteiger partial charge in [-0.25, -0.2) is 0 Å². The summed E-state index contributed by atoms with van der Waals surface area (Å²) >= 11 is 0. The van der Waals surface area contributed by atoms with Crippen molar-refractivity contribution in [1.29, 1.82) is 0 Å². The Morgan fingerprint density at radius 2 is 2.00 bits per heavy atom. The summed E-state index contributed by atoms with van der Waals surface area (Å²) in [5, 5.41) is 3.04. The molecule has 1 aliphatic rings. The SMILES string of the molecule is CN=C(NCC(=O)N(C)C)N1CC(=O)N(C(C)C)C(C)(C)C1. The Bertz CT molecular complexity index is 457. The van der Waals surface area contributed by atoms with Gasteiger partial charge in [0.2, 0.25) is 11.8 Å². The molecule has 1 heterocycles. The fraction of sp³-hybridized carbons (Fsp3) is 0.800. The van der Waals surface area contributed by atoms with E-state index in [1.54, 1.807) is 21.1 Å². The maximum Gasteiger partial charge on any atom is 0.242 e. The number of hydrogen-bond acceptors (Lipinski definition) is 3. The van der Waals surface area contributed by atoms with Gasteiger partial charge in [0.15, 0.2) is 5.96 Å². The number of rotatable bonds is 3. The van der Waals surface area contributed by atoms with Gasteiger partial charge in [-0.15, -0.1) is 0 Å². The fourth-order valence-electron chi connectivity index (χ4n) is 2.96. The number of likely N-dealkylation sites (N-methyl/N-ethyl adjacent to an activating group) is 1. The van der Waals surface area contributed by atoms with Gasteiger partial charge in [-0.1, -0.05) is 0 Å². The van der Waals surface area contributed by atoms with Gasteiger partial charge in [-0.05, 0) is 27.7 Å². The maximum absolute atomic E-state index is 12.5. The number of amides is 2. The van der Waals surface area contributed by atoms with Crippen LogP contribution in [-0.2, 0) is 9.59 Å². The summed E-state index contributed by atoms with van der Waals surface area (Å²) in [7, 11) is 5.08. The molecule has 0 aromatic heterocycles. The quantitative estimate of drug-likeness (QED) is 0.588. The molecule has 1 aliphatic heterocycles. The summed E-state index contributed by atoms with van der Waals surface area (Å²) < 4.78 is 0. The first-order valence-electron chi connectivity index (χ1n) is 7.58. The number of guanidine groups is 1. The van der Waals surface area contributed by atoms with E-state index in [1.807, 2.05) is 23.6 Å². The maximum atomic E-state index is 12.5. The summed E-state index contributed by atoms with van der Waals surface area (Å²) in [6, 6.07) is 0.162. The van der Waals surface area contributed by atoms with Crippen LogP contribution in [0.4, 0.5) is 0 Å². The average molecular weight is 311 g/mol. The van der Waals surface area contributed by atoms with Crippen LogP contribution in [0.15, 0.2) is 4.99 Å². The number of hydrogen-bond donors (Lipinski definition) is 1. The number of carbonyl (C=O) groups is 2. The molecule has 1 N–H and O–H groups in total. The van der Waals surface area contributed by atoms with Crippen LogP contribution in [0.2, 0.25) is 0 Å². The minimum atomic E-state index is -0.285. The van der Waals surface area contributed by atoms with Gasteiger partial charge in [0.05, 0.1) is 18.6 Å². The zero-order valence-electron chi connectivity index (χ0n) is 14.8. The van der Waals surface area contributed by atoms with E-state index in [9.17, 15) is 9.59 Å². The van der Waals surface area contributed by atoms with Gasteiger partial charge in [0.1, 0.15) is 0 Å². The largest absolute Gasteiger partial charge is 0.347 e.